The van der Waals surface area contributed by atoms with Gasteiger partial charge in [0, 0.05) is 43.5 Å². The van der Waals surface area contributed by atoms with E-state index in [0.717, 1.165) is 24.9 Å². The number of hydrogen-bond donors (Lipinski definition) is 3. The second kappa shape index (κ2) is 7.49. The lowest BCUT2D eigenvalue weighted by Gasteiger charge is -2.14. The maximum Gasteiger partial charge on any atom is 0.244 e. The minimum Gasteiger partial charge on any atom is -0.399 e. The van der Waals surface area contributed by atoms with E-state index in [1.807, 2.05) is 4.90 Å². The summed E-state index contributed by atoms with van der Waals surface area (Å²) in [7, 11) is 0. The Morgan fingerprint density at radius 2 is 2.18 bits per heavy atom. The Kier molecular flexibility index (Phi) is 5.41. The van der Waals surface area contributed by atoms with Crippen molar-refractivity contribution in [2.45, 2.75) is 19.3 Å². The molecular formula is C16H22N4O2. The minimum absolute atomic E-state index is 0.186. The number of benzene rings is 1. The number of hydrogen-bond acceptors (Lipinski definition) is 4. The minimum atomic E-state index is -0.186. The first-order valence-electron chi connectivity index (χ1n) is 7.45. The van der Waals surface area contributed by atoms with Crippen molar-refractivity contribution in [1.82, 2.24) is 10.2 Å². The largest absolute Gasteiger partial charge is 0.399 e. The molecule has 0 atom stereocenters. The zero-order chi connectivity index (χ0) is 15.9. The lowest BCUT2D eigenvalue weighted by atomic mass is 10.1. The maximum absolute atomic E-state index is 11.7. The van der Waals surface area contributed by atoms with Gasteiger partial charge in [-0.25, -0.2) is 0 Å². The smallest absolute Gasteiger partial charge is 0.244 e. The quantitative estimate of drug-likeness (QED) is 0.414. The van der Waals surface area contributed by atoms with Gasteiger partial charge in [0.25, 0.3) is 0 Å². The molecule has 0 aromatic heterocycles. The fourth-order valence-electron chi connectivity index (χ4n) is 2.38. The van der Waals surface area contributed by atoms with Crippen LogP contribution in [0.3, 0.4) is 0 Å². The summed E-state index contributed by atoms with van der Waals surface area (Å²) in [6.07, 6.45) is 5.43. The number of anilines is 2. The highest BCUT2D eigenvalue weighted by molar-refractivity contribution is 5.92. The molecule has 1 saturated heterocycles. The Morgan fingerprint density at radius 3 is 2.91 bits per heavy atom. The fraction of sp³-hybridized carbons (Fsp3) is 0.375. The Bertz CT molecular complexity index is 584. The van der Waals surface area contributed by atoms with Crippen LogP contribution in [0.5, 0.6) is 0 Å². The van der Waals surface area contributed by atoms with Crippen molar-refractivity contribution in [3.8, 4) is 0 Å². The third-order valence-corrected chi connectivity index (χ3v) is 3.60. The Labute approximate surface area is 130 Å². The molecule has 118 valence electrons. The summed E-state index contributed by atoms with van der Waals surface area (Å²) in [5.74, 6) is 0.0259. The number of likely N-dealkylation sites (tertiary alicyclic amines) is 1. The van der Waals surface area contributed by atoms with Gasteiger partial charge in [0.15, 0.2) is 0 Å². The molecule has 0 unspecified atom stereocenters. The number of rotatable bonds is 6. The monoisotopic (exact) mass is 302 g/mol. The number of nitrogens with one attached hydrogen (secondary N) is 1. The number of carbonyl (C=O) groups excluding carboxylic acids is 2. The number of nitrogens with zero attached hydrogens (tertiary/aromatic N) is 1. The molecule has 1 aromatic rings. The Balaban J connectivity index is 1.72. The van der Waals surface area contributed by atoms with E-state index in [2.05, 4.69) is 5.32 Å². The van der Waals surface area contributed by atoms with Crippen molar-refractivity contribution in [3.05, 3.63) is 29.8 Å². The second-order valence-corrected chi connectivity index (χ2v) is 5.35. The fourth-order valence-corrected chi connectivity index (χ4v) is 2.38. The van der Waals surface area contributed by atoms with E-state index in [4.69, 9.17) is 11.5 Å². The van der Waals surface area contributed by atoms with Crippen LogP contribution in [0, 0.1) is 0 Å². The van der Waals surface area contributed by atoms with E-state index in [9.17, 15) is 9.59 Å². The second-order valence-electron chi connectivity index (χ2n) is 5.35. The van der Waals surface area contributed by atoms with E-state index < -0.39 is 0 Å². The molecule has 1 aliphatic rings. The third-order valence-electron chi connectivity index (χ3n) is 3.60. The maximum atomic E-state index is 11.7. The van der Waals surface area contributed by atoms with Gasteiger partial charge < -0.3 is 21.7 Å². The molecule has 6 nitrogen and oxygen atoms in total. The van der Waals surface area contributed by atoms with Gasteiger partial charge in [-0.2, -0.15) is 0 Å². The first kappa shape index (κ1) is 15.9. The Morgan fingerprint density at radius 1 is 1.36 bits per heavy atom. The van der Waals surface area contributed by atoms with Crippen molar-refractivity contribution in [2.75, 3.05) is 31.1 Å². The SMILES string of the molecule is Nc1ccc(N)c(/C=C/C(=O)NCCCN2CCCC2=O)c1. The number of amides is 2. The molecule has 22 heavy (non-hydrogen) atoms. The Hall–Kier alpha value is -2.50. The number of nitrogens with two attached hydrogens (primary N) is 2. The van der Waals surface area contributed by atoms with Gasteiger partial charge in [-0.05, 0) is 42.7 Å². The number of nitrogen functional groups attached to an aromatic ring is 2. The highest BCUT2D eigenvalue weighted by Gasteiger charge is 2.18. The van der Waals surface area contributed by atoms with E-state index in [1.165, 1.54) is 6.08 Å². The van der Waals surface area contributed by atoms with Gasteiger partial charge >= 0.3 is 0 Å². The highest BCUT2D eigenvalue weighted by Crippen LogP contribution is 2.16. The molecule has 1 heterocycles. The molecule has 1 aromatic carbocycles. The zero-order valence-electron chi connectivity index (χ0n) is 12.5. The van der Waals surface area contributed by atoms with E-state index in [1.54, 1.807) is 24.3 Å². The van der Waals surface area contributed by atoms with Crippen LogP contribution in [0.4, 0.5) is 11.4 Å². The van der Waals surface area contributed by atoms with E-state index >= 15 is 0 Å². The van der Waals surface area contributed by atoms with Crippen LogP contribution in [0.1, 0.15) is 24.8 Å². The van der Waals surface area contributed by atoms with Crippen LogP contribution in [-0.2, 0) is 9.59 Å². The summed E-state index contributed by atoms with van der Waals surface area (Å²) < 4.78 is 0. The van der Waals surface area contributed by atoms with E-state index in [0.29, 0.717) is 30.9 Å². The zero-order valence-corrected chi connectivity index (χ0v) is 12.5. The highest BCUT2D eigenvalue weighted by atomic mass is 16.2. The predicted molar refractivity (Wildman–Crippen MR) is 87.7 cm³/mol. The molecule has 0 aliphatic carbocycles. The topological polar surface area (TPSA) is 101 Å². The molecule has 0 radical (unpaired) electrons. The van der Waals surface area contributed by atoms with Crippen molar-refractivity contribution in [2.24, 2.45) is 0 Å². The average Bonchev–Trinajstić information content (AvgIpc) is 2.90. The molecule has 2 amide bonds. The predicted octanol–water partition coefficient (Wildman–Crippen LogP) is 0.993. The van der Waals surface area contributed by atoms with Crippen molar-refractivity contribution >= 4 is 29.3 Å². The molecule has 1 fully saturated rings. The lowest BCUT2D eigenvalue weighted by molar-refractivity contribution is -0.127. The van der Waals surface area contributed by atoms with Gasteiger partial charge in [-0.15, -0.1) is 0 Å². The lowest BCUT2D eigenvalue weighted by Crippen LogP contribution is -2.29. The molecular weight excluding hydrogens is 280 g/mol. The summed E-state index contributed by atoms with van der Waals surface area (Å²) in [5.41, 5.74) is 13.4. The van der Waals surface area contributed by atoms with Crippen LogP contribution in [0.2, 0.25) is 0 Å². The standard InChI is InChI=1S/C16H22N4O2/c17-13-5-6-14(18)12(11-13)4-7-15(21)19-8-2-10-20-9-1-3-16(20)22/h4-7,11H,1-3,8-10,17-18H2,(H,19,21)/b7-4+. The van der Waals surface area contributed by atoms with Gasteiger partial charge in [0.05, 0.1) is 0 Å². The first-order valence-corrected chi connectivity index (χ1v) is 7.45. The molecule has 5 N–H and O–H groups in total. The molecule has 6 heteroatoms. The van der Waals surface area contributed by atoms with E-state index in [-0.39, 0.29) is 11.8 Å². The molecule has 1 aliphatic heterocycles. The van der Waals surface area contributed by atoms with Gasteiger partial charge in [-0.3, -0.25) is 9.59 Å². The van der Waals surface area contributed by atoms with Crippen molar-refractivity contribution < 1.29 is 9.59 Å². The summed E-state index contributed by atoms with van der Waals surface area (Å²) in [5, 5.41) is 2.79. The summed E-state index contributed by atoms with van der Waals surface area (Å²) in [6, 6.07) is 5.14. The molecule has 0 spiro atoms. The van der Waals surface area contributed by atoms with Gasteiger partial charge in [0.2, 0.25) is 11.8 Å². The average molecular weight is 302 g/mol. The van der Waals surface area contributed by atoms with Crippen molar-refractivity contribution in [3.63, 3.8) is 0 Å². The van der Waals surface area contributed by atoms with Crippen molar-refractivity contribution in [1.29, 1.82) is 0 Å². The summed E-state index contributed by atoms with van der Waals surface area (Å²) >= 11 is 0. The summed E-state index contributed by atoms with van der Waals surface area (Å²) in [6.45, 7) is 2.08. The number of carbonyl (C=O) groups is 2. The van der Waals surface area contributed by atoms with Gasteiger partial charge in [0.1, 0.15) is 0 Å². The van der Waals surface area contributed by atoms with Crippen LogP contribution in [0.25, 0.3) is 6.08 Å². The van der Waals surface area contributed by atoms with Crippen LogP contribution < -0.4 is 16.8 Å². The first-order chi connectivity index (χ1) is 10.6. The summed E-state index contributed by atoms with van der Waals surface area (Å²) in [4.78, 5) is 25.0. The molecule has 0 bridgehead atoms. The molecule has 2 rings (SSSR count). The third kappa shape index (κ3) is 4.51. The van der Waals surface area contributed by atoms with Crippen LogP contribution in [0.15, 0.2) is 24.3 Å². The molecule has 0 saturated carbocycles. The van der Waals surface area contributed by atoms with Crippen LogP contribution >= 0.6 is 0 Å². The normalized spacial score (nSPS) is 14.7. The van der Waals surface area contributed by atoms with Crippen LogP contribution in [-0.4, -0.2) is 36.3 Å². The van der Waals surface area contributed by atoms with Gasteiger partial charge in [-0.1, -0.05) is 0 Å².